The summed E-state index contributed by atoms with van der Waals surface area (Å²) >= 11 is 3.40. The summed E-state index contributed by atoms with van der Waals surface area (Å²) in [6.45, 7) is 2.42. The fourth-order valence-corrected chi connectivity index (χ4v) is 3.95. The summed E-state index contributed by atoms with van der Waals surface area (Å²) < 4.78 is 6.79. The second-order valence-electron chi connectivity index (χ2n) is 7.60. The molecule has 0 radical (unpaired) electrons. The number of rotatable bonds is 6. The number of likely N-dealkylation sites (tertiary alicyclic amines) is 1. The van der Waals surface area contributed by atoms with Gasteiger partial charge in [0, 0.05) is 23.1 Å². The number of amides is 2. The molecule has 1 aliphatic heterocycles. The summed E-state index contributed by atoms with van der Waals surface area (Å²) in [5.74, 6) is 0.918. The molecule has 5 nitrogen and oxygen atoms in total. The number of carbonyl (C=O) groups is 2. The van der Waals surface area contributed by atoms with Gasteiger partial charge in [-0.05, 0) is 61.0 Å². The van der Waals surface area contributed by atoms with Gasteiger partial charge in [-0.1, -0.05) is 46.3 Å². The van der Waals surface area contributed by atoms with Crippen molar-refractivity contribution in [3.8, 4) is 11.5 Å². The second-order valence-corrected chi connectivity index (χ2v) is 8.52. The highest BCUT2D eigenvalue weighted by atomic mass is 79.9. The maximum Gasteiger partial charge on any atom is 0.229 e. The lowest BCUT2D eigenvalue weighted by molar-refractivity contribution is -0.129. The minimum absolute atomic E-state index is 0.00903. The van der Waals surface area contributed by atoms with Crippen molar-refractivity contribution in [2.45, 2.75) is 19.4 Å². The van der Waals surface area contributed by atoms with Crippen LogP contribution >= 0.6 is 15.9 Å². The van der Waals surface area contributed by atoms with E-state index in [2.05, 4.69) is 21.2 Å². The predicted octanol–water partition coefficient (Wildman–Crippen LogP) is 5.79. The molecule has 1 aliphatic rings. The largest absolute Gasteiger partial charge is 0.457 e. The lowest BCUT2D eigenvalue weighted by Gasteiger charge is -2.25. The van der Waals surface area contributed by atoms with Gasteiger partial charge in [-0.2, -0.15) is 0 Å². The number of anilines is 1. The van der Waals surface area contributed by atoms with Gasteiger partial charge in [-0.15, -0.1) is 0 Å². The molecule has 3 aromatic carbocycles. The van der Waals surface area contributed by atoms with Crippen LogP contribution < -0.4 is 10.1 Å². The first-order valence-corrected chi connectivity index (χ1v) is 11.0. The molecule has 0 aliphatic carbocycles. The first-order chi connectivity index (χ1) is 15.0. The van der Waals surface area contributed by atoms with Gasteiger partial charge in [0.1, 0.15) is 11.5 Å². The van der Waals surface area contributed by atoms with E-state index in [0.29, 0.717) is 18.0 Å². The smallest absolute Gasteiger partial charge is 0.229 e. The highest BCUT2D eigenvalue weighted by Crippen LogP contribution is 2.30. The summed E-state index contributed by atoms with van der Waals surface area (Å²) in [6.07, 6.45) is 0.230. The van der Waals surface area contributed by atoms with Crippen LogP contribution in [0.3, 0.4) is 0 Å². The van der Waals surface area contributed by atoms with Crippen molar-refractivity contribution in [3.63, 3.8) is 0 Å². The maximum absolute atomic E-state index is 12.7. The zero-order valence-corrected chi connectivity index (χ0v) is 18.7. The van der Waals surface area contributed by atoms with Gasteiger partial charge in [0.25, 0.3) is 0 Å². The fourth-order valence-electron chi connectivity index (χ4n) is 3.68. The first kappa shape index (κ1) is 21.1. The van der Waals surface area contributed by atoms with E-state index < -0.39 is 0 Å². The molecule has 6 heteroatoms. The molecule has 1 N–H and O–H groups in total. The summed E-state index contributed by atoms with van der Waals surface area (Å²) in [6, 6.07) is 24.6. The van der Waals surface area contributed by atoms with Crippen molar-refractivity contribution in [1.82, 2.24) is 4.90 Å². The van der Waals surface area contributed by atoms with E-state index in [0.717, 1.165) is 15.8 Å². The number of halogens is 1. The number of hydrogen-bond acceptors (Lipinski definition) is 3. The molecular weight excluding hydrogens is 456 g/mol. The topological polar surface area (TPSA) is 58.6 Å². The molecule has 3 aromatic rings. The predicted molar refractivity (Wildman–Crippen MR) is 124 cm³/mol. The molecule has 1 heterocycles. The maximum atomic E-state index is 12.7. The van der Waals surface area contributed by atoms with Crippen molar-refractivity contribution < 1.29 is 14.3 Å². The molecule has 158 valence electrons. The van der Waals surface area contributed by atoms with Crippen molar-refractivity contribution in [1.29, 1.82) is 0 Å². The number of hydrogen-bond donors (Lipinski definition) is 1. The molecule has 1 saturated heterocycles. The molecule has 0 bridgehead atoms. The van der Waals surface area contributed by atoms with E-state index in [1.807, 2.05) is 61.5 Å². The van der Waals surface area contributed by atoms with Crippen LogP contribution in [0.15, 0.2) is 83.3 Å². The zero-order valence-electron chi connectivity index (χ0n) is 17.1. The molecule has 0 aromatic heterocycles. The Morgan fingerprint density at radius 3 is 2.26 bits per heavy atom. The van der Waals surface area contributed by atoms with E-state index in [1.54, 1.807) is 29.2 Å². The van der Waals surface area contributed by atoms with Crippen molar-refractivity contribution in [2.24, 2.45) is 5.92 Å². The summed E-state index contributed by atoms with van der Waals surface area (Å²) in [5, 5.41) is 2.92. The average molecular weight is 479 g/mol. The van der Waals surface area contributed by atoms with Gasteiger partial charge in [0.05, 0.1) is 12.0 Å². The van der Waals surface area contributed by atoms with Gasteiger partial charge in [0.2, 0.25) is 11.8 Å². The van der Waals surface area contributed by atoms with E-state index >= 15 is 0 Å². The third-order valence-electron chi connectivity index (χ3n) is 5.45. The highest BCUT2D eigenvalue weighted by molar-refractivity contribution is 9.10. The quantitative estimate of drug-likeness (QED) is 0.487. The average Bonchev–Trinajstić information content (AvgIpc) is 3.18. The lowest BCUT2D eigenvalue weighted by Crippen LogP contribution is -2.30. The Bertz CT molecular complexity index is 1050. The van der Waals surface area contributed by atoms with Gasteiger partial charge < -0.3 is 15.0 Å². The molecule has 0 saturated carbocycles. The Morgan fingerprint density at radius 2 is 1.61 bits per heavy atom. The molecule has 2 atom stereocenters. The molecule has 4 rings (SSSR count). The highest BCUT2D eigenvalue weighted by Gasteiger charge is 2.37. The number of benzene rings is 3. The van der Waals surface area contributed by atoms with Gasteiger partial charge in [-0.3, -0.25) is 9.59 Å². The number of ether oxygens (including phenoxy) is 1. The minimum Gasteiger partial charge on any atom is -0.457 e. The Balaban J connectivity index is 1.35. The van der Waals surface area contributed by atoms with Crippen LogP contribution in [0, 0.1) is 5.92 Å². The Kier molecular flexibility index (Phi) is 6.37. The van der Waals surface area contributed by atoms with Crippen LogP contribution in [0.1, 0.15) is 24.9 Å². The normalized spacial score (nSPS) is 16.8. The standard InChI is InChI=1S/C25H23BrN2O3/c1-17(18-5-3-2-4-6-18)28-16-19(15-24(28)29)25(30)27-21-9-13-23(14-10-21)31-22-11-7-20(26)8-12-22/h2-14,17,19H,15-16H2,1H3,(H,27,30)/t17-,19-/m0/s1. The molecule has 0 unspecified atom stereocenters. The molecule has 31 heavy (non-hydrogen) atoms. The van der Waals surface area contributed by atoms with Gasteiger partial charge >= 0.3 is 0 Å². The number of nitrogens with one attached hydrogen (secondary N) is 1. The Hall–Kier alpha value is -3.12. The van der Waals surface area contributed by atoms with E-state index in [4.69, 9.17) is 4.74 Å². The first-order valence-electron chi connectivity index (χ1n) is 10.2. The Labute approximate surface area is 190 Å². The third-order valence-corrected chi connectivity index (χ3v) is 5.98. The monoisotopic (exact) mass is 478 g/mol. The van der Waals surface area contributed by atoms with Crippen LogP contribution in [0.4, 0.5) is 5.69 Å². The number of nitrogens with zero attached hydrogens (tertiary/aromatic N) is 1. The van der Waals surface area contributed by atoms with Crippen LogP contribution in [0.2, 0.25) is 0 Å². The van der Waals surface area contributed by atoms with Crippen molar-refractivity contribution >= 4 is 33.4 Å². The second kappa shape index (κ2) is 9.35. The molecule has 1 fully saturated rings. The van der Waals surface area contributed by atoms with Crippen LogP contribution in [-0.2, 0) is 9.59 Å². The van der Waals surface area contributed by atoms with E-state index in [-0.39, 0.29) is 30.2 Å². The van der Waals surface area contributed by atoms with Gasteiger partial charge in [-0.25, -0.2) is 0 Å². The SMILES string of the molecule is C[C@@H](c1ccccc1)N1C[C@@H](C(=O)Nc2ccc(Oc3ccc(Br)cc3)cc2)CC1=O. The third kappa shape index (κ3) is 5.14. The minimum atomic E-state index is -0.364. The number of carbonyl (C=O) groups excluding carboxylic acids is 2. The van der Waals surface area contributed by atoms with Crippen molar-refractivity contribution in [3.05, 3.63) is 88.9 Å². The van der Waals surface area contributed by atoms with Gasteiger partial charge in [0.15, 0.2) is 0 Å². The van der Waals surface area contributed by atoms with Crippen LogP contribution in [0.25, 0.3) is 0 Å². The van der Waals surface area contributed by atoms with E-state index in [9.17, 15) is 9.59 Å². The fraction of sp³-hybridized carbons (Fsp3) is 0.200. The Morgan fingerprint density at radius 1 is 1.00 bits per heavy atom. The summed E-state index contributed by atoms with van der Waals surface area (Å²) in [4.78, 5) is 27.1. The van der Waals surface area contributed by atoms with E-state index in [1.165, 1.54) is 0 Å². The van der Waals surface area contributed by atoms with Crippen LogP contribution in [0.5, 0.6) is 11.5 Å². The summed E-state index contributed by atoms with van der Waals surface area (Å²) in [7, 11) is 0. The lowest BCUT2D eigenvalue weighted by atomic mass is 10.1. The van der Waals surface area contributed by atoms with Crippen LogP contribution in [-0.4, -0.2) is 23.3 Å². The summed E-state index contributed by atoms with van der Waals surface area (Å²) in [5.41, 5.74) is 1.74. The van der Waals surface area contributed by atoms with Crippen molar-refractivity contribution in [2.75, 3.05) is 11.9 Å². The molecule has 0 spiro atoms. The molecular formula is C25H23BrN2O3. The zero-order chi connectivity index (χ0) is 21.8. The molecule has 2 amide bonds.